The monoisotopic (exact) mass is 251 g/mol. The number of benzene rings is 1. The molecule has 2 N–H and O–H groups in total. The largest absolute Gasteiger partial charge is 0.353 e. The predicted molar refractivity (Wildman–Crippen MR) is 71.4 cm³/mol. The lowest BCUT2D eigenvalue weighted by atomic mass is 10.2. The number of nitrogens with zero attached hydrogens (tertiary/aromatic N) is 3. The summed E-state index contributed by atoms with van der Waals surface area (Å²) < 4.78 is 0. The molecule has 1 aliphatic rings. The van der Waals surface area contributed by atoms with Crippen molar-refractivity contribution in [1.29, 1.82) is 0 Å². The zero-order valence-corrected chi connectivity index (χ0v) is 10.3. The van der Waals surface area contributed by atoms with Crippen LogP contribution < -0.4 is 10.7 Å². The number of hydrogen-bond donors (Lipinski definition) is 2. The maximum absolute atomic E-state index is 4.44. The number of guanidine groups is 1. The first-order chi connectivity index (χ1) is 7.84. The van der Waals surface area contributed by atoms with Crippen LogP contribution in [-0.4, -0.2) is 28.9 Å². The molecule has 1 aliphatic heterocycles. The van der Waals surface area contributed by atoms with Gasteiger partial charge in [0.25, 0.3) is 0 Å². The zero-order valence-electron chi connectivity index (χ0n) is 9.47. The number of rotatable bonds is 1. The molecular formula is C11H14ClN5. The molecule has 1 aromatic heterocycles. The van der Waals surface area contributed by atoms with E-state index in [1.165, 1.54) is 0 Å². The summed E-state index contributed by atoms with van der Waals surface area (Å²) in [4.78, 5) is 6.05. The van der Waals surface area contributed by atoms with Crippen molar-refractivity contribution in [3.63, 3.8) is 0 Å². The number of aryl methyl sites for hydroxylation is 1. The highest BCUT2D eigenvalue weighted by Gasteiger charge is 2.09. The second kappa shape index (κ2) is 4.63. The third-order valence-corrected chi connectivity index (χ3v) is 2.66. The number of halogens is 1. The first-order valence-electron chi connectivity index (χ1n) is 5.34. The highest BCUT2D eigenvalue weighted by molar-refractivity contribution is 5.91. The summed E-state index contributed by atoms with van der Waals surface area (Å²) in [7, 11) is 0. The van der Waals surface area contributed by atoms with Gasteiger partial charge < -0.3 is 5.32 Å². The minimum absolute atomic E-state index is 0. The summed E-state index contributed by atoms with van der Waals surface area (Å²) in [5.74, 6) is 0.785. The molecule has 0 aliphatic carbocycles. The Kier molecular flexibility index (Phi) is 3.19. The molecule has 2 aromatic rings. The van der Waals surface area contributed by atoms with Gasteiger partial charge >= 0.3 is 0 Å². The van der Waals surface area contributed by atoms with Crippen molar-refractivity contribution in [3.8, 4) is 0 Å². The van der Waals surface area contributed by atoms with Gasteiger partial charge in [0.15, 0.2) is 0 Å². The summed E-state index contributed by atoms with van der Waals surface area (Å²) in [5, 5.41) is 8.76. The third kappa shape index (κ3) is 2.06. The van der Waals surface area contributed by atoms with Crippen molar-refractivity contribution in [3.05, 3.63) is 30.0 Å². The van der Waals surface area contributed by atoms with Gasteiger partial charge in [-0.3, -0.25) is 0 Å². The van der Waals surface area contributed by atoms with E-state index >= 15 is 0 Å². The van der Waals surface area contributed by atoms with Gasteiger partial charge in [0.2, 0.25) is 5.96 Å². The molecule has 2 heterocycles. The molecule has 0 spiro atoms. The Labute approximate surface area is 105 Å². The molecule has 0 unspecified atom stereocenters. The number of aliphatic imine (C=N–C) groups is 1. The van der Waals surface area contributed by atoms with Crippen LogP contribution in [0.1, 0.15) is 5.69 Å². The van der Waals surface area contributed by atoms with E-state index < -0.39 is 0 Å². The van der Waals surface area contributed by atoms with Crippen molar-refractivity contribution in [2.24, 2.45) is 4.99 Å². The second-order valence-electron chi connectivity index (χ2n) is 3.78. The van der Waals surface area contributed by atoms with E-state index in [2.05, 4.69) is 26.9 Å². The zero-order chi connectivity index (χ0) is 11.0. The van der Waals surface area contributed by atoms with Crippen molar-refractivity contribution in [1.82, 2.24) is 15.2 Å². The fourth-order valence-corrected chi connectivity index (χ4v) is 1.88. The van der Waals surface area contributed by atoms with Crippen LogP contribution in [0.25, 0.3) is 10.9 Å². The lowest BCUT2D eigenvalue weighted by molar-refractivity contribution is 0.817. The lowest BCUT2D eigenvalue weighted by Gasteiger charge is -2.06. The van der Waals surface area contributed by atoms with Crippen molar-refractivity contribution in [2.75, 3.05) is 18.5 Å². The minimum atomic E-state index is 0. The average Bonchev–Trinajstić information content (AvgIpc) is 2.90. The number of fused-ring (bicyclic) bond motifs is 1. The first-order valence-corrected chi connectivity index (χ1v) is 5.34. The van der Waals surface area contributed by atoms with Crippen molar-refractivity contribution >= 4 is 29.3 Å². The van der Waals surface area contributed by atoms with E-state index in [9.17, 15) is 0 Å². The quantitative estimate of drug-likeness (QED) is 0.803. The molecule has 0 saturated carbocycles. The molecule has 90 valence electrons. The predicted octanol–water partition coefficient (Wildman–Crippen LogP) is 1.27. The van der Waals surface area contributed by atoms with E-state index in [1.54, 1.807) is 4.79 Å². The summed E-state index contributed by atoms with van der Waals surface area (Å²) in [5.41, 5.74) is 5.23. The fraction of sp³-hybridized carbons (Fsp3) is 0.273. The van der Waals surface area contributed by atoms with E-state index in [-0.39, 0.29) is 12.4 Å². The van der Waals surface area contributed by atoms with Crippen LogP contribution in [0.15, 0.2) is 29.3 Å². The summed E-state index contributed by atoms with van der Waals surface area (Å²) >= 11 is 0. The van der Waals surface area contributed by atoms with Gasteiger partial charge in [-0.25, -0.2) is 10.4 Å². The van der Waals surface area contributed by atoms with Crippen molar-refractivity contribution < 1.29 is 0 Å². The average molecular weight is 252 g/mol. The van der Waals surface area contributed by atoms with Gasteiger partial charge in [-0.2, -0.15) is 9.89 Å². The van der Waals surface area contributed by atoms with Gasteiger partial charge in [-0.1, -0.05) is 18.2 Å². The summed E-state index contributed by atoms with van der Waals surface area (Å²) in [6.07, 6.45) is 0. The number of nitrogens with one attached hydrogen (secondary N) is 2. The second-order valence-corrected chi connectivity index (χ2v) is 3.78. The Morgan fingerprint density at radius 3 is 2.94 bits per heavy atom. The Bertz CT molecular complexity index is 560. The van der Waals surface area contributed by atoms with Crippen LogP contribution in [0.3, 0.4) is 0 Å². The maximum Gasteiger partial charge on any atom is 0.212 e. The van der Waals surface area contributed by atoms with Crippen molar-refractivity contribution in [2.45, 2.75) is 6.92 Å². The van der Waals surface area contributed by atoms with Gasteiger partial charge in [0.05, 0.1) is 17.8 Å². The van der Waals surface area contributed by atoms with Crippen LogP contribution >= 0.6 is 12.4 Å². The van der Waals surface area contributed by atoms with Crippen LogP contribution in [-0.2, 0) is 0 Å². The molecule has 0 radical (unpaired) electrons. The van der Waals surface area contributed by atoms with Gasteiger partial charge in [0.1, 0.15) is 0 Å². The molecule has 6 heteroatoms. The molecule has 5 nitrogen and oxygen atoms in total. The molecule has 17 heavy (non-hydrogen) atoms. The van der Waals surface area contributed by atoms with E-state index in [0.29, 0.717) is 0 Å². The van der Waals surface area contributed by atoms with Gasteiger partial charge in [-0.05, 0) is 13.0 Å². The van der Waals surface area contributed by atoms with E-state index in [4.69, 9.17) is 0 Å². The molecule has 0 saturated heterocycles. The van der Waals surface area contributed by atoms with Crippen LogP contribution in [0.4, 0.5) is 0 Å². The molecule has 3 rings (SSSR count). The molecule has 1 aromatic carbocycles. The smallest absolute Gasteiger partial charge is 0.212 e. The van der Waals surface area contributed by atoms with Gasteiger partial charge in [-0.15, -0.1) is 12.4 Å². The topological polar surface area (TPSA) is 54.2 Å². The number of aromatic nitrogens is 2. The Morgan fingerprint density at radius 2 is 2.18 bits per heavy atom. The van der Waals surface area contributed by atoms with Gasteiger partial charge in [0, 0.05) is 11.9 Å². The lowest BCUT2D eigenvalue weighted by Crippen LogP contribution is -2.33. The highest BCUT2D eigenvalue weighted by atomic mass is 35.5. The Hall–Kier alpha value is -1.75. The maximum atomic E-state index is 4.44. The SMILES string of the molecule is Cc1nn(NC2=NCCN2)c2ccccc12.Cl. The van der Waals surface area contributed by atoms with Crippen LogP contribution in [0, 0.1) is 6.92 Å². The normalized spacial score (nSPS) is 14.1. The third-order valence-electron chi connectivity index (χ3n) is 2.66. The Balaban J connectivity index is 0.00000108. The number of hydrogen-bond acceptors (Lipinski definition) is 4. The molecular weight excluding hydrogens is 238 g/mol. The van der Waals surface area contributed by atoms with Crippen LogP contribution in [0.5, 0.6) is 0 Å². The first kappa shape index (κ1) is 11.7. The fourth-order valence-electron chi connectivity index (χ4n) is 1.88. The molecule has 0 bridgehead atoms. The molecule has 0 fully saturated rings. The van der Waals surface area contributed by atoms with E-state index in [1.807, 2.05) is 25.1 Å². The minimum Gasteiger partial charge on any atom is -0.353 e. The molecule has 0 atom stereocenters. The van der Waals surface area contributed by atoms with E-state index in [0.717, 1.165) is 35.6 Å². The molecule has 0 amide bonds. The highest BCUT2D eigenvalue weighted by Crippen LogP contribution is 2.16. The Morgan fingerprint density at radius 1 is 1.35 bits per heavy atom. The number of para-hydroxylation sites is 1. The summed E-state index contributed by atoms with van der Waals surface area (Å²) in [6, 6.07) is 8.13. The summed E-state index contributed by atoms with van der Waals surface area (Å²) in [6.45, 7) is 3.71. The standard InChI is InChI=1S/C11H13N5.ClH/c1-8-9-4-2-3-5-10(9)16(14-8)15-11-12-6-7-13-11;/h2-5H,6-7H2,1H3,(H2,12,13,15);1H. The van der Waals surface area contributed by atoms with Crippen LogP contribution in [0.2, 0.25) is 0 Å².